The average Bonchev–Trinajstić information content (AvgIpc) is 2.37. The molecule has 0 bridgehead atoms. The summed E-state index contributed by atoms with van der Waals surface area (Å²) in [4.78, 5) is 12.0. The van der Waals surface area contributed by atoms with Crippen molar-refractivity contribution >= 4 is 21.8 Å². The standard InChI is InChI=1S/C14H20BrNO2/c1-10(2)8-12(9-15)16-14(17)11-4-6-13(18-3)7-5-11/h4-7,10,12H,8-9H2,1-3H3,(H,16,17). The van der Waals surface area contributed by atoms with Gasteiger partial charge in [-0.15, -0.1) is 0 Å². The Balaban J connectivity index is 2.62. The first-order valence-corrected chi connectivity index (χ1v) is 7.19. The highest BCUT2D eigenvalue weighted by molar-refractivity contribution is 9.09. The van der Waals surface area contributed by atoms with Crippen molar-refractivity contribution in [3.05, 3.63) is 29.8 Å². The highest BCUT2D eigenvalue weighted by Crippen LogP contribution is 2.12. The number of nitrogens with one attached hydrogen (secondary N) is 1. The van der Waals surface area contributed by atoms with Gasteiger partial charge in [0, 0.05) is 16.9 Å². The molecule has 0 aliphatic rings. The first kappa shape index (κ1) is 15.0. The van der Waals surface area contributed by atoms with E-state index in [9.17, 15) is 4.79 Å². The molecule has 0 saturated carbocycles. The van der Waals surface area contributed by atoms with Gasteiger partial charge in [-0.25, -0.2) is 0 Å². The Hall–Kier alpha value is -1.03. The van der Waals surface area contributed by atoms with Crippen LogP contribution in [0.2, 0.25) is 0 Å². The van der Waals surface area contributed by atoms with E-state index in [-0.39, 0.29) is 11.9 Å². The van der Waals surface area contributed by atoms with Crippen molar-refractivity contribution in [3.8, 4) is 5.75 Å². The number of hydrogen-bond donors (Lipinski definition) is 1. The second kappa shape index (κ2) is 7.41. The topological polar surface area (TPSA) is 38.3 Å². The number of carbonyl (C=O) groups is 1. The van der Waals surface area contributed by atoms with E-state index in [2.05, 4.69) is 35.1 Å². The molecule has 0 fully saturated rings. The van der Waals surface area contributed by atoms with Crippen LogP contribution in [0.15, 0.2) is 24.3 Å². The number of methoxy groups -OCH3 is 1. The number of ether oxygens (including phenoxy) is 1. The van der Waals surface area contributed by atoms with Crippen LogP contribution in [0.3, 0.4) is 0 Å². The van der Waals surface area contributed by atoms with E-state index >= 15 is 0 Å². The molecule has 0 aliphatic carbocycles. The molecule has 0 spiro atoms. The monoisotopic (exact) mass is 313 g/mol. The van der Waals surface area contributed by atoms with E-state index in [1.807, 2.05) is 0 Å². The summed E-state index contributed by atoms with van der Waals surface area (Å²) in [5, 5.41) is 3.80. The lowest BCUT2D eigenvalue weighted by Gasteiger charge is -2.18. The summed E-state index contributed by atoms with van der Waals surface area (Å²) in [6.45, 7) is 4.30. The fourth-order valence-electron chi connectivity index (χ4n) is 1.74. The summed E-state index contributed by atoms with van der Waals surface area (Å²) in [5.41, 5.74) is 0.658. The molecule has 0 aromatic heterocycles. The van der Waals surface area contributed by atoms with E-state index in [0.29, 0.717) is 11.5 Å². The smallest absolute Gasteiger partial charge is 0.251 e. The van der Waals surface area contributed by atoms with Gasteiger partial charge in [0.15, 0.2) is 0 Å². The van der Waals surface area contributed by atoms with E-state index in [1.54, 1.807) is 31.4 Å². The summed E-state index contributed by atoms with van der Waals surface area (Å²) in [6, 6.07) is 7.30. The summed E-state index contributed by atoms with van der Waals surface area (Å²) in [5.74, 6) is 1.28. The molecule has 18 heavy (non-hydrogen) atoms. The third-order valence-corrected chi connectivity index (χ3v) is 3.41. The van der Waals surface area contributed by atoms with Crippen molar-refractivity contribution in [1.82, 2.24) is 5.32 Å². The third kappa shape index (κ3) is 4.69. The van der Waals surface area contributed by atoms with Gasteiger partial charge in [0.2, 0.25) is 0 Å². The first-order valence-electron chi connectivity index (χ1n) is 6.07. The van der Waals surface area contributed by atoms with Crippen LogP contribution >= 0.6 is 15.9 Å². The number of rotatable bonds is 6. The molecular formula is C14H20BrNO2. The highest BCUT2D eigenvalue weighted by atomic mass is 79.9. The van der Waals surface area contributed by atoms with Crippen LogP contribution in [-0.2, 0) is 0 Å². The predicted molar refractivity (Wildman–Crippen MR) is 77.5 cm³/mol. The molecule has 0 saturated heterocycles. The Morgan fingerprint density at radius 1 is 1.33 bits per heavy atom. The molecule has 1 atom stereocenters. The van der Waals surface area contributed by atoms with Crippen molar-refractivity contribution in [1.29, 1.82) is 0 Å². The van der Waals surface area contributed by atoms with Crippen molar-refractivity contribution in [2.45, 2.75) is 26.3 Å². The Labute approximate surface area is 117 Å². The molecule has 0 heterocycles. The summed E-state index contributed by atoms with van der Waals surface area (Å²) in [7, 11) is 1.61. The average molecular weight is 314 g/mol. The molecule has 1 aromatic rings. The Morgan fingerprint density at radius 2 is 1.94 bits per heavy atom. The maximum atomic E-state index is 12.0. The summed E-state index contributed by atoms with van der Waals surface area (Å²) in [6.07, 6.45) is 0.965. The van der Waals surface area contributed by atoms with Gasteiger partial charge in [0.05, 0.1) is 7.11 Å². The van der Waals surface area contributed by atoms with Gasteiger partial charge >= 0.3 is 0 Å². The van der Waals surface area contributed by atoms with Crippen molar-refractivity contribution in [2.24, 2.45) is 5.92 Å². The maximum absolute atomic E-state index is 12.0. The Kier molecular flexibility index (Phi) is 6.19. The van der Waals surface area contributed by atoms with E-state index in [4.69, 9.17) is 4.74 Å². The quantitative estimate of drug-likeness (QED) is 0.819. The zero-order valence-corrected chi connectivity index (χ0v) is 12.7. The second-order valence-corrected chi connectivity index (χ2v) is 5.33. The number of amides is 1. The zero-order chi connectivity index (χ0) is 13.5. The fourth-order valence-corrected chi connectivity index (χ4v) is 2.17. The number of hydrogen-bond acceptors (Lipinski definition) is 2. The minimum absolute atomic E-state index is 0.0391. The maximum Gasteiger partial charge on any atom is 0.251 e. The van der Waals surface area contributed by atoms with Crippen LogP contribution in [0.5, 0.6) is 5.75 Å². The fraction of sp³-hybridized carbons (Fsp3) is 0.500. The molecule has 0 aliphatic heterocycles. The van der Waals surface area contributed by atoms with Gasteiger partial charge in [0.25, 0.3) is 5.91 Å². The summed E-state index contributed by atoms with van der Waals surface area (Å²) >= 11 is 3.43. The molecular weight excluding hydrogens is 294 g/mol. The van der Waals surface area contributed by atoms with Gasteiger partial charge in [-0.1, -0.05) is 29.8 Å². The Bertz CT molecular complexity index is 376. The minimum atomic E-state index is -0.0391. The normalized spacial score (nSPS) is 12.3. The number of alkyl halides is 1. The number of halogens is 1. The lowest BCUT2D eigenvalue weighted by molar-refractivity contribution is 0.0937. The predicted octanol–water partition coefficient (Wildman–Crippen LogP) is 3.23. The van der Waals surface area contributed by atoms with Gasteiger partial charge in [0.1, 0.15) is 5.75 Å². The van der Waals surface area contributed by atoms with Crippen LogP contribution in [0.1, 0.15) is 30.6 Å². The van der Waals surface area contributed by atoms with Crippen LogP contribution in [0.4, 0.5) is 0 Å². The Morgan fingerprint density at radius 3 is 2.39 bits per heavy atom. The molecule has 3 nitrogen and oxygen atoms in total. The molecule has 1 unspecified atom stereocenters. The van der Waals surface area contributed by atoms with Crippen LogP contribution < -0.4 is 10.1 Å². The largest absolute Gasteiger partial charge is 0.497 e. The van der Waals surface area contributed by atoms with E-state index in [1.165, 1.54) is 0 Å². The molecule has 0 radical (unpaired) electrons. The van der Waals surface area contributed by atoms with Crippen LogP contribution in [-0.4, -0.2) is 24.4 Å². The number of benzene rings is 1. The van der Waals surface area contributed by atoms with Gasteiger partial charge < -0.3 is 10.1 Å². The lowest BCUT2D eigenvalue weighted by Crippen LogP contribution is -2.37. The molecule has 1 rings (SSSR count). The molecule has 100 valence electrons. The molecule has 1 N–H and O–H groups in total. The molecule has 1 amide bonds. The second-order valence-electron chi connectivity index (χ2n) is 4.68. The van der Waals surface area contributed by atoms with E-state index < -0.39 is 0 Å². The minimum Gasteiger partial charge on any atom is -0.497 e. The van der Waals surface area contributed by atoms with Gasteiger partial charge in [-0.3, -0.25) is 4.79 Å². The SMILES string of the molecule is COc1ccc(C(=O)NC(CBr)CC(C)C)cc1. The summed E-state index contributed by atoms with van der Waals surface area (Å²) < 4.78 is 5.06. The zero-order valence-electron chi connectivity index (χ0n) is 11.1. The van der Waals surface area contributed by atoms with Crippen LogP contribution in [0.25, 0.3) is 0 Å². The van der Waals surface area contributed by atoms with Crippen molar-refractivity contribution in [3.63, 3.8) is 0 Å². The highest BCUT2D eigenvalue weighted by Gasteiger charge is 2.14. The van der Waals surface area contributed by atoms with Crippen molar-refractivity contribution < 1.29 is 9.53 Å². The van der Waals surface area contributed by atoms with Crippen LogP contribution in [0, 0.1) is 5.92 Å². The van der Waals surface area contributed by atoms with Gasteiger partial charge in [-0.2, -0.15) is 0 Å². The first-order chi connectivity index (χ1) is 8.56. The third-order valence-electron chi connectivity index (χ3n) is 2.63. The van der Waals surface area contributed by atoms with E-state index in [0.717, 1.165) is 17.5 Å². The van der Waals surface area contributed by atoms with Gasteiger partial charge in [-0.05, 0) is 36.6 Å². The van der Waals surface area contributed by atoms with Crippen molar-refractivity contribution in [2.75, 3.05) is 12.4 Å². The lowest BCUT2D eigenvalue weighted by atomic mass is 10.0. The molecule has 4 heteroatoms. The number of carbonyl (C=O) groups excluding carboxylic acids is 1. The molecule has 1 aromatic carbocycles.